The van der Waals surface area contributed by atoms with E-state index in [2.05, 4.69) is 0 Å². The summed E-state index contributed by atoms with van der Waals surface area (Å²) in [6.07, 6.45) is 1.51. The molecule has 3 rings (SSSR count). The van der Waals surface area contributed by atoms with Crippen LogP contribution in [0.4, 0.5) is 10.5 Å². The minimum atomic E-state index is -0.499. The normalized spacial score (nSPS) is 15.9. The highest BCUT2D eigenvalue weighted by atomic mass is 32.2. The molecule has 0 aromatic heterocycles. The predicted molar refractivity (Wildman–Crippen MR) is 95.8 cm³/mol. The molecule has 25 heavy (non-hydrogen) atoms. The number of benzene rings is 2. The molecule has 1 fully saturated rings. The Balaban J connectivity index is 1.83. The summed E-state index contributed by atoms with van der Waals surface area (Å²) in [5.74, 6) is -0.386. The number of aryl methyl sites for hydroxylation is 1. The fourth-order valence-corrected chi connectivity index (χ4v) is 3.35. The molecule has 6 nitrogen and oxygen atoms in total. The second-order valence-electron chi connectivity index (χ2n) is 5.61. The van der Waals surface area contributed by atoms with Gasteiger partial charge in [-0.3, -0.25) is 24.6 Å². The number of nitro groups is 1. The molecule has 1 saturated heterocycles. The van der Waals surface area contributed by atoms with Gasteiger partial charge in [0, 0.05) is 12.1 Å². The first kappa shape index (κ1) is 16.9. The lowest BCUT2D eigenvalue weighted by atomic mass is 10.1. The van der Waals surface area contributed by atoms with E-state index in [1.165, 1.54) is 23.1 Å². The van der Waals surface area contributed by atoms with Crippen LogP contribution in [0.3, 0.4) is 0 Å². The van der Waals surface area contributed by atoms with Crippen molar-refractivity contribution in [2.45, 2.75) is 13.5 Å². The van der Waals surface area contributed by atoms with E-state index in [-0.39, 0.29) is 28.3 Å². The second-order valence-corrected chi connectivity index (χ2v) is 6.60. The SMILES string of the molecule is Cc1cccc(CN2C(=O)S/C(=C/c3cccc([N+](=O)[O-])c3)C2=O)c1. The number of non-ortho nitro benzene ring substituents is 1. The summed E-state index contributed by atoms with van der Waals surface area (Å²) in [4.78, 5) is 36.5. The summed E-state index contributed by atoms with van der Waals surface area (Å²) in [7, 11) is 0. The van der Waals surface area contributed by atoms with E-state index in [1.54, 1.807) is 12.1 Å². The highest BCUT2D eigenvalue weighted by Gasteiger charge is 2.35. The summed E-state index contributed by atoms with van der Waals surface area (Å²) in [5.41, 5.74) is 2.37. The molecule has 0 radical (unpaired) electrons. The van der Waals surface area contributed by atoms with Crippen LogP contribution in [-0.4, -0.2) is 21.0 Å². The van der Waals surface area contributed by atoms with Gasteiger partial charge in [-0.05, 0) is 35.9 Å². The number of carbonyl (C=O) groups is 2. The average Bonchev–Trinajstić information content (AvgIpc) is 2.83. The van der Waals surface area contributed by atoms with Crippen LogP contribution < -0.4 is 0 Å². The van der Waals surface area contributed by atoms with Gasteiger partial charge in [0.1, 0.15) is 0 Å². The molecule has 2 aromatic rings. The van der Waals surface area contributed by atoms with Crippen molar-refractivity contribution in [3.05, 3.63) is 80.2 Å². The fourth-order valence-electron chi connectivity index (χ4n) is 2.51. The fraction of sp³-hybridized carbons (Fsp3) is 0.111. The number of hydrogen-bond donors (Lipinski definition) is 0. The molecular weight excluding hydrogens is 340 g/mol. The zero-order valence-electron chi connectivity index (χ0n) is 13.3. The van der Waals surface area contributed by atoms with Crippen LogP contribution in [0.1, 0.15) is 16.7 Å². The number of thioether (sulfide) groups is 1. The summed E-state index contributed by atoms with van der Waals surface area (Å²) in [6.45, 7) is 2.15. The topological polar surface area (TPSA) is 80.5 Å². The Hall–Kier alpha value is -2.93. The van der Waals surface area contributed by atoms with Crippen molar-refractivity contribution in [2.75, 3.05) is 0 Å². The molecule has 1 heterocycles. The highest BCUT2D eigenvalue weighted by molar-refractivity contribution is 8.18. The van der Waals surface area contributed by atoms with E-state index < -0.39 is 4.92 Å². The summed E-state index contributed by atoms with van der Waals surface area (Å²) < 4.78 is 0. The molecule has 0 aliphatic carbocycles. The van der Waals surface area contributed by atoms with Gasteiger partial charge in [-0.1, -0.05) is 42.0 Å². The number of nitrogens with zero attached hydrogens (tertiary/aromatic N) is 2. The number of imide groups is 1. The molecule has 1 aliphatic heterocycles. The van der Waals surface area contributed by atoms with Gasteiger partial charge in [-0.15, -0.1) is 0 Å². The van der Waals surface area contributed by atoms with Gasteiger partial charge in [0.05, 0.1) is 16.4 Å². The first-order chi connectivity index (χ1) is 11.9. The third-order valence-electron chi connectivity index (χ3n) is 3.68. The quantitative estimate of drug-likeness (QED) is 0.468. The minimum absolute atomic E-state index is 0.0623. The molecule has 1 aliphatic rings. The summed E-state index contributed by atoms with van der Waals surface area (Å²) >= 11 is 0.843. The van der Waals surface area contributed by atoms with E-state index in [0.29, 0.717) is 5.56 Å². The maximum atomic E-state index is 12.5. The largest absolute Gasteiger partial charge is 0.293 e. The lowest BCUT2D eigenvalue weighted by Crippen LogP contribution is -2.27. The van der Waals surface area contributed by atoms with Crippen molar-refractivity contribution in [1.29, 1.82) is 0 Å². The third-order valence-corrected chi connectivity index (χ3v) is 4.58. The molecule has 0 N–H and O–H groups in total. The number of amides is 2. The first-order valence-corrected chi connectivity index (χ1v) is 8.31. The summed E-state index contributed by atoms with van der Waals surface area (Å²) in [5, 5.41) is 10.5. The molecule has 126 valence electrons. The van der Waals surface area contributed by atoms with Crippen molar-refractivity contribution in [2.24, 2.45) is 0 Å². The smallest absolute Gasteiger partial charge is 0.268 e. The lowest BCUT2D eigenvalue weighted by molar-refractivity contribution is -0.384. The van der Waals surface area contributed by atoms with Crippen molar-refractivity contribution in [1.82, 2.24) is 4.90 Å². The van der Waals surface area contributed by atoms with E-state index >= 15 is 0 Å². The maximum Gasteiger partial charge on any atom is 0.293 e. The zero-order chi connectivity index (χ0) is 18.0. The Morgan fingerprint density at radius 3 is 2.64 bits per heavy atom. The molecule has 0 saturated carbocycles. The van der Waals surface area contributed by atoms with Crippen LogP contribution in [0.5, 0.6) is 0 Å². The second kappa shape index (κ2) is 6.90. The van der Waals surface area contributed by atoms with Gasteiger partial charge in [0.15, 0.2) is 0 Å². The molecule has 2 aromatic carbocycles. The van der Waals surface area contributed by atoms with Crippen LogP contribution in [-0.2, 0) is 11.3 Å². The van der Waals surface area contributed by atoms with Crippen LogP contribution in [0, 0.1) is 17.0 Å². The van der Waals surface area contributed by atoms with Gasteiger partial charge in [-0.25, -0.2) is 0 Å². The lowest BCUT2D eigenvalue weighted by Gasteiger charge is -2.12. The van der Waals surface area contributed by atoms with Crippen molar-refractivity contribution in [3.63, 3.8) is 0 Å². The maximum absolute atomic E-state index is 12.5. The van der Waals surface area contributed by atoms with Gasteiger partial charge < -0.3 is 0 Å². The van der Waals surface area contributed by atoms with E-state index in [9.17, 15) is 19.7 Å². The van der Waals surface area contributed by atoms with Crippen molar-refractivity contribution >= 4 is 34.7 Å². The zero-order valence-corrected chi connectivity index (χ0v) is 14.2. The molecule has 0 unspecified atom stereocenters. The Morgan fingerprint density at radius 1 is 1.16 bits per heavy atom. The van der Waals surface area contributed by atoms with E-state index in [1.807, 2.05) is 31.2 Å². The molecule has 2 amide bonds. The monoisotopic (exact) mass is 354 g/mol. The minimum Gasteiger partial charge on any atom is -0.268 e. The Kier molecular flexibility index (Phi) is 4.67. The number of carbonyl (C=O) groups excluding carboxylic acids is 2. The van der Waals surface area contributed by atoms with Gasteiger partial charge in [0.25, 0.3) is 16.8 Å². The van der Waals surface area contributed by atoms with Gasteiger partial charge >= 0.3 is 0 Å². The Morgan fingerprint density at radius 2 is 1.92 bits per heavy atom. The van der Waals surface area contributed by atoms with Crippen LogP contribution in [0.2, 0.25) is 0 Å². The molecule has 0 spiro atoms. The van der Waals surface area contributed by atoms with Gasteiger partial charge in [-0.2, -0.15) is 0 Å². The Labute approximate surface area is 148 Å². The average molecular weight is 354 g/mol. The van der Waals surface area contributed by atoms with E-state index in [4.69, 9.17) is 0 Å². The van der Waals surface area contributed by atoms with Crippen molar-refractivity contribution < 1.29 is 14.5 Å². The number of nitro benzene ring substituents is 1. The molecular formula is C18H14N2O4S. The standard InChI is InChI=1S/C18H14N2O4S/c1-12-4-2-6-14(8-12)11-19-17(21)16(25-18(19)22)10-13-5-3-7-15(9-13)20(23)24/h2-10H,11H2,1H3/b16-10+. The van der Waals surface area contributed by atoms with Crippen LogP contribution >= 0.6 is 11.8 Å². The number of hydrogen-bond acceptors (Lipinski definition) is 5. The number of rotatable bonds is 4. The van der Waals surface area contributed by atoms with E-state index in [0.717, 1.165) is 22.9 Å². The first-order valence-electron chi connectivity index (χ1n) is 7.49. The molecule has 7 heteroatoms. The molecule has 0 atom stereocenters. The van der Waals surface area contributed by atoms with Crippen LogP contribution in [0.15, 0.2) is 53.4 Å². The predicted octanol–water partition coefficient (Wildman–Crippen LogP) is 4.14. The van der Waals surface area contributed by atoms with Crippen LogP contribution in [0.25, 0.3) is 6.08 Å². The van der Waals surface area contributed by atoms with Gasteiger partial charge in [0.2, 0.25) is 0 Å². The highest BCUT2D eigenvalue weighted by Crippen LogP contribution is 2.33. The van der Waals surface area contributed by atoms with Crippen molar-refractivity contribution in [3.8, 4) is 0 Å². The molecule has 0 bridgehead atoms. The third kappa shape index (κ3) is 3.77. The Bertz CT molecular complexity index is 907. The summed E-state index contributed by atoms with van der Waals surface area (Å²) in [6, 6.07) is 13.5.